The molecule has 0 fully saturated rings. The molecule has 0 N–H and O–H groups in total. The molecule has 0 amide bonds. The Morgan fingerprint density at radius 1 is 1.50 bits per heavy atom. The lowest BCUT2D eigenvalue weighted by molar-refractivity contribution is -0.127. The van der Waals surface area contributed by atoms with Crippen LogP contribution in [-0.2, 0) is 4.79 Å². The van der Waals surface area contributed by atoms with Crippen LogP contribution in [0.4, 0.5) is 0 Å². The van der Waals surface area contributed by atoms with Gasteiger partial charge >= 0.3 is 0 Å². The van der Waals surface area contributed by atoms with E-state index in [9.17, 15) is 4.79 Å². The van der Waals surface area contributed by atoms with Crippen molar-refractivity contribution in [3.63, 3.8) is 0 Å². The highest BCUT2D eigenvalue weighted by molar-refractivity contribution is 5.83. The van der Waals surface area contributed by atoms with Gasteiger partial charge in [0.15, 0.2) is 0 Å². The predicted octanol–water partition coefficient (Wildman–Crippen LogP) is 2.61. The molecule has 0 aromatic carbocycles. The second kappa shape index (κ2) is 3.75. The Morgan fingerprint density at radius 3 is 2.30 bits per heavy atom. The van der Waals surface area contributed by atoms with E-state index in [1.54, 1.807) is 0 Å². The van der Waals surface area contributed by atoms with Crippen molar-refractivity contribution < 1.29 is 4.79 Å². The van der Waals surface area contributed by atoms with Gasteiger partial charge in [-0.25, -0.2) is 0 Å². The van der Waals surface area contributed by atoms with Crippen LogP contribution in [0.25, 0.3) is 0 Å². The van der Waals surface area contributed by atoms with Crippen molar-refractivity contribution in [3.8, 4) is 0 Å². The zero-order chi connectivity index (χ0) is 8.20. The SMILES string of the molecule is [CH2]CCC(C)(C)C(=O)CC. The number of carbonyl (C=O) groups excluding carboxylic acids is 1. The van der Waals surface area contributed by atoms with Gasteiger partial charge in [0.1, 0.15) is 5.78 Å². The Kier molecular flexibility index (Phi) is 3.62. The molecule has 0 spiro atoms. The zero-order valence-electron chi connectivity index (χ0n) is 7.24. The van der Waals surface area contributed by atoms with Gasteiger partial charge in [-0.05, 0) is 6.42 Å². The Labute approximate surface area is 63.8 Å². The molecule has 0 aromatic heterocycles. The molecule has 0 unspecified atom stereocenters. The van der Waals surface area contributed by atoms with Crippen LogP contribution in [0.15, 0.2) is 0 Å². The topological polar surface area (TPSA) is 17.1 Å². The van der Waals surface area contributed by atoms with Crippen LogP contribution in [0.3, 0.4) is 0 Å². The molecule has 10 heavy (non-hydrogen) atoms. The fraction of sp³-hybridized carbons (Fsp3) is 0.778. The smallest absolute Gasteiger partial charge is 0.138 e. The second-order valence-corrected chi connectivity index (χ2v) is 3.26. The van der Waals surface area contributed by atoms with E-state index < -0.39 is 0 Å². The fourth-order valence-electron chi connectivity index (χ4n) is 1.06. The minimum Gasteiger partial charge on any atom is -0.299 e. The third-order valence-corrected chi connectivity index (χ3v) is 1.88. The van der Waals surface area contributed by atoms with Gasteiger partial charge in [-0.2, -0.15) is 0 Å². The van der Waals surface area contributed by atoms with Gasteiger partial charge in [0.05, 0.1) is 0 Å². The van der Waals surface area contributed by atoms with Crippen molar-refractivity contribution in [2.75, 3.05) is 0 Å². The first-order valence-corrected chi connectivity index (χ1v) is 3.87. The first-order valence-electron chi connectivity index (χ1n) is 3.87. The van der Waals surface area contributed by atoms with Gasteiger partial charge in [0.25, 0.3) is 0 Å². The quantitative estimate of drug-likeness (QED) is 0.588. The standard InChI is InChI=1S/C9H17O/c1-5-7-9(3,4)8(10)6-2/h1,5-7H2,2-4H3. The van der Waals surface area contributed by atoms with E-state index in [2.05, 4.69) is 6.92 Å². The summed E-state index contributed by atoms with van der Waals surface area (Å²) in [4.78, 5) is 11.2. The third kappa shape index (κ3) is 2.51. The normalized spacial score (nSPS) is 11.6. The molecule has 0 rings (SSSR count). The summed E-state index contributed by atoms with van der Waals surface area (Å²) in [5.41, 5.74) is -0.142. The largest absolute Gasteiger partial charge is 0.299 e. The molecule has 0 heterocycles. The number of rotatable bonds is 4. The molecule has 1 nitrogen and oxygen atoms in total. The molecule has 0 saturated heterocycles. The fourth-order valence-corrected chi connectivity index (χ4v) is 1.06. The molecule has 0 atom stereocenters. The maximum absolute atomic E-state index is 11.2. The Bertz CT molecular complexity index is 114. The van der Waals surface area contributed by atoms with Crippen LogP contribution < -0.4 is 0 Å². The zero-order valence-corrected chi connectivity index (χ0v) is 7.24. The van der Waals surface area contributed by atoms with E-state index >= 15 is 0 Å². The van der Waals surface area contributed by atoms with E-state index in [4.69, 9.17) is 0 Å². The first-order chi connectivity index (χ1) is 4.54. The van der Waals surface area contributed by atoms with Crippen molar-refractivity contribution in [1.29, 1.82) is 0 Å². The average Bonchev–Trinajstić information content (AvgIpc) is 1.86. The molecule has 1 radical (unpaired) electrons. The summed E-state index contributed by atoms with van der Waals surface area (Å²) < 4.78 is 0. The van der Waals surface area contributed by atoms with Crippen LogP contribution in [0.5, 0.6) is 0 Å². The molecule has 0 bridgehead atoms. The van der Waals surface area contributed by atoms with Crippen molar-refractivity contribution in [3.05, 3.63) is 6.92 Å². The molecule has 0 saturated carbocycles. The summed E-state index contributed by atoms with van der Waals surface area (Å²) in [6.07, 6.45) is 2.39. The summed E-state index contributed by atoms with van der Waals surface area (Å²) in [6, 6.07) is 0. The van der Waals surface area contributed by atoms with Crippen molar-refractivity contribution in [2.24, 2.45) is 5.41 Å². The molecule has 59 valence electrons. The van der Waals surface area contributed by atoms with E-state index in [0.29, 0.717) is 12.2 Å². The van der Waals surface area contributed by atoms with Crippen molar-refractivity contribution >= 4 is 5.78 Å². The number of Topliss-reactive ketones (excluding diaryl/α,β-unsaturated/α-hetero) is 1. The van der Waals surface area contributed by atoms with Gasteiger partial charge < -0.3 is 0 Å². The number of ketones is 1. The molecule has 0 aliphatic heterocycles. The summed E-state index contributed by atoms with van der Waals surface area (Å²) in [6.45, 7) is 9.63. The van der Waals surface area contributed by atoms with Crippen LogP contribution in [0.2, 0.25) is 0 Å². The van der Waals surface area contributed by atoms with E-state index in [1.165, 1.54) is 0 Å². The number of carbonyl (C=O) groups is 1. The highest BCUT2D eigenvalue weighted by atomic mass is 16.1. The highest BCUT2D eigenvalue weighted by Gasteiger charge is 2.23. The lowest BCUT2D eigenvalue weighted by atomic mass is 9.82. The average molecular weight is 141 g/mol. The molecular weight excluding hydrogens is 124 g/mol. The lowest BCUT2D eigenvalue weighted by Crippen LogP contribution is -2.22. The number of hydrogen-bond acceptors (Lipinski definition) is 1. The summed E-state index contributed by atoms with van der Waals surface area (Å²) >= 11 is 0. The predicted molar refractivity (Wildman–Crippen MR) is 43.7 cm³/mol. The Morgan fingerprint density at radius 2 is 2.00 bits per heavy atom. The van der Waals surface area contributed by atoms with Crippen LogP contribution in [0, 0.1) is 12.3 Å². The monoisotopic (exact) mass is 141 g/mol. The summed E-state index contributed by atoms with van der Waals surface area (Å²) in [5.74, 6) is 0.344. The molecule has 0 aromatic rings. The molecule has 0 aliphatic rings. The number of hydrogen-bond donors (Lipinski definition) is 0. The van der Waals surface area contributed by atoms with Crippen LogP contribution >= 0.6 is 0 Å². The minimum atomic E-state index is -0.142. The van der Waals surface area contributed by atoms with Crippen LogP contribution in [-0.4, -0.2) is 5.78 Å². The second-order valence-electron chi connectivity index (χ2n) is 3.26. The highest BCUT2D eigenvalue weighted by Crippen LogP contribution is 2.24. The van der Waals surface area contributed by atoms with Gasteiger partial charge in [-0.15, -0.1) is 0 Å². The van der Waals surface area contributed by atoms with E-state index in [1.807, 2.05) is 20.8 Å². The van der Waals surface area contributed by atoms with Crippen molar-refractivity contribution in [2.45, 2.75) is 40.0 Å². The Hall–Kier alpha value is -0.330. The van der Waals surface area contributed by atoms with E-state index in [-0.39, 0.29) is 5.41 Å². The van der Waals surface area contributed by atoms with Gasteiger partial charge in [-0.3, -0.25) is 4.79 Å². The van der Waals surface area contributed by atoms with Gasteiger partial charge in [0, 0.05) is 11.8 Å². The minimum absolute atomic E-state index is 0.142. The van der Waals surface area contributed by atoms with Gasteiger partial charge in [0.2, 0.25) is 0 Å². The summed E-state index contributed by atoms with van der Waals surface area (Å²) in [7, 11) is 0. The molecule has 0 aliphatic carbocycles. The van der Waals surface area contributed by atoms with E-state index in [0.717, 1.165) is 12.8 Å². The summed E-state index contributed by atoms with van der Waals surface area (Å²) in [5, 5.41) is 0. The van der Waals surface area contributed by atoms with Gasteiger partial charge in [-0.1, -0.05) is 34.1 Å². The maximum atomic E-state index is 11.2. The third-order valence-electron chi connectivity index (χ3n) is 1.88. The Balaban J connectivity index is 3.96. The first kappa shape index (κ1) is 9.67. The van der Waals surface area contributed by atoms with Crippen molar-refractivity contribution in [1.82, 2.24) is 0 Å². The molecular formula is C9H17O. The maximum Gasteiger partial charge on any atom is 0.138 e. The van der Waals surface area contributed by atoms with Crippen LogP contribution in [0.1, 0.15) is 40.0 Å². The lowest BCUT2D eigenvalue weighted by Gasteiger charge is -2.20. The molecule has 1 heteroatoms.